The lowest BCUT2D eigenvalue weighted by Gasteiger charge is -2.35. The summed E-state index contributed by atoms with van der Waals surface area (Å²) in [6, 6.07) is 11.0. The van der Waals surface area contributed by atoms with Crippen molar-refractivity contribution in [1.82, 2.24) is 19.7 Å². The molecule has 1 atom stereocenters. The number of furan rings is 1. The van der Waals surface area contributed by atoms with Crippen LogP contribution in [0.2, 0.25) is 0 Å². The van der Waals surface area contributed by atoms with E-state index in [1.165, 1.54) is 0 Å². The van der Waals surface area contributed by atoms with Gasteiger partial charge in [-0.15, -0.1) is 0 Å². The molecule has 2 aromatic heterocycles. The number of H-pyrrole nitrogens is 1. The predicted molar refractivity (Wildman–Crippen MR) is 90.4 cm³/mol. The van der Waals surface area contributed by atoms with E-state index in [0.29, 0.717) is 36.0 Å². The van der Waals surface area contributed by atoms with Crippen LogP contribution in [0.15, 0.2) is 45.6 Å². The molecule has 128 valence electrons. The second kappa shape index (κ2) is 5.77. The third kappa shape index (κ3) is 2.48. The molecule has 1 amide bonds. The van der Waals surface area contributed by atoms with Gasteiger partial charge in [0.1, 0.15) is 17.6 Å². The van der Waals surface area contributed by atoms with Gasteiger partial charge in [-0.1, -0.05) is 30.3 Å². The van der Waals surface area contributed by atoms with E-state index in [1.807, 2.05) is 37.3 Å². The van der Waals surface area contributed by atoms with Crippen molar-refractivity contribution in [2.45, 2.75) is 26.4 Å². The normalized spacial score (nSPS) is 16.7. The Morgan fingerprint density at radius 2 is 2.00 bits per heavy atom. The van der Waals surface area contributed by atoms with E-state index in [0.717, 1.165) is 5.56 Å². The summed E-state index contributed by atoms with van der Waals surface area (Å²) in [6.07, 6.45) is 0. The summed E-state index contributed by atoms with van der Waals surface area (Å²) in [4.78, 5) is 26.9. The third-order valence-electron chi connectivity index (χ3n) is 4.56. The SMILES string of the molecule is Cc1cc(C(=O)N2CCn3c(n[nH]c3=O)[C@H]2c2ccccc2)c(C)o1. The van der Waals surface area contributed by atoms with E-state index in [2.05, 4.69) is 10.2 Å². The Morgan fingerprint density at radius 3 is 2.68 bits per heavy atom. The smallest absolute Gasteiger partial charge is 0.343 e. The van der Waals surface area contributed by atoms with Crippen LogP contribution in [0.5, 0.6) is 0 Å². The van der Waals surface area contributed by atoms with Crippen LogP contribution in [0.25, 0.3) is 0 Å². The topological polar surface area (TPSA) is 84.1 Å². The molecule has 0 fully saturated rings. The number of fused-ring (bicyclic) bond motifs is 1. The zero-order valence-electron chi connectivity index (χ0n) is 14.0. The van der Waals surface area contributed by atoms with Gasteiger partial charge in [0.05, 0.1) is 5.56 Å². The molecule has 4 rings (SSSR count). The standard InChI is InChI=1S/C18H18N4O3/c1-11-10-14(12(2)25-11)17(23)21-8-9-22-16(19-20-18(22)24)15(21)13-6-4-3-5-7-13/h3-7,10,15H,8-9H2,1-2H3,(H,20,24)/t15-/m1/s1. The van der Waals surface area contributed by atoms with Crippen LogP contribution in [0.1, 0.15) is 39.3 Å². The van der Waals surface area contributed by atoms with Crippen molar-refractivity contribution in [2.75, 3.05) is 6.54 Å². The van der Waals surface area contributed by atoms with Crippen LogP contribution in [0.4, 0.5) is 0 Å². The second-order valence-corrected chi connectivity index (χ2v) is 6.18. The molecular formula is C18H18N4O3. The lowest BCUT2D eigenvalue weighted by atomic mass is 10.0. The zero-order chi connectivity index (χ0) is 17.6. The molecule has 0 saturated heterocycles. The van der Waals surface area contributed by atoms with Crippen LogP contribution in [0, 0.1) is 13.8 Å². The molecule has 1 aliphatic heterocycles. The molecule has 1 N–H and O–H groups in total. The highest BCUT2D eigenvalue weighted by Gasteiger charge is 2.36. The van der Waals surface area contributed by atoms with Crippen LogP contribution in [-0.2, 0) is 6.54 Å². The van der Waals surface area contributed by atoms with E-state index in [4.69, 9.17) is 4.42 Å². The number of hydrogen-bond donors (Lipinski definition) is 1. The largest absolute Gasteiger partial charge is 0.466 e. The number of nitrogens with one attached hydrogen (secondary N) is 1. The molecule has 3 aromatic rings. The van der Waals surface area contributed by atoms with E-state index >= 15 is 0 Å². The third-order valence-corrected chi connectivity index (χ3v) is 4.56. The first-order valence-electron chi connectivity index (χ1n) is 8.14. The lowest BCUT2D eigenvalue weighted by Crippen LogP contribution is -2.44. The molecule has 7 nitrogen and oxygen atoms in total. The number of carbonyl (C=O) groups is 1. The highest BCUT2D eigenvalue weighted by Crippen LogP contribution is 2.31. The molecule has 1 aliphatic rings. The Labute approximate surface area is 143 Å². The summed E-state index contributed by atoms with van der Waals surface area (Å²) >= 11 is 0. The first kappa shape index (κ1) is 15.4. The molecule has 0 bridgehead atoms. The average molecular weight is 338 g/mol. The highest BCUT2D eigenvalue weighted by atomic mass is 16.3. The summed E-state index contributed by atoms with van der Waals surface area (Å²) in [5.41, 5.74) is 1.21. The van der Waals surface area contributed by atoms with E-state index in [-0.39, 0.29) is 11.6 Å². The summed E-state index contributed by atoms with van der Waals surface area (Å²) < 4.78 is 7.11. The van der Waals surface area contributed by atoms with Crippen LogP contribution in [-0.4, -0.2) is 32.1 Å². The molecule has 3 heterocycles. The minimum atomic E-state index is -0.420. The summed E-state index contributed by atoms with van der Waals surface area (Å²) in [6.45, 7) is 4.44. The number of rotatable bonds is 2. The van der Waals surface area contributed by atoms with Crippen molar-refractivity contribution in [3.05, 3.63) is 75.4 Å². The number of aromatic amines is 1. The number of hydrogen-bond acceptors (Lipinski definition) is 4. The van der Waals surface area contributed by atoms with Crippen LogP contribution >= 0.6 is 0 Å². The second-order valence-electron chi connectivity index (χ2n) is 6.18. The van der Waals surface area contributed by atoms with Gasteiger partial charge in [0.2, 0.25) is 0 Å². The Kier molecular flexibility index (Phi) is 3.56. The van der Waals surface area contributed by atoms with Gasteiger partial charge in [-0.3, -0.25) is 9.36 Å². The minimum Gasteiger partial charge on any atom is -0.466 e. The van der Waals surface area contributed by atoms with Gasteiger partial charge in [0.25, 0.3) is 5.91 Å². The van der Waals surface area contributed by atoms with E-state index in [9.17, 15) is 9.59 Å². The molecule has 1 aromatic carbocycles. The fraction of sp³-hybridized carbons (Fsp3) is 0.278. The maximum atomic E-state index is 13.2. The maximum Gasteiger partial charge on any atom is 0.343 e. The van der Waals surface area contributed by atoms with Crippen molar-refractivity contribution in [3.63, 3.8) is 0 Å². The van der Waals surface area contributed by atoms with Gasteiger partial charge in [0, 0.05) is 13.1 Å². The quantitative estimate of drug-likeness (QED) is 0.775. The minimum absolute atomic E-state index is 0.120. The molecule has 0 aliphatic carbocycles. The van der Waals surface area contributed by atoms with Gasteiger partial charge in [-0.25, -0.2) is 9.89 Å². The van der Waals surface area contributed by atoms with Gasteiger partial charge in [-0.2, -0.15) is 5.10 Å². The average Bonchev–Trinajstić information content (AvgIpc) is 3.16. The van der Waals surface area contributed by atoms with Gasteiger partial charge in [0.15, 0.2) is 5.82 Å². The van der Waals surface area contributed by atoms with Crippen molar-refractivity contribution in [2.24, 2.45) is 0 Å². The summed E-state index contributed by atoms with van der Waals surface area (Å²) in [5, 5.41) is 6.67. The number of benzene rings is 1. The van der Waals surface area contributed by atoms with Crippen LogP contribution in [0.3, 0.4) is 0 Å². The monoisotopic (exact) mass is 338 g/mol. The number of aryl methyl sites for hydroxylation is 2. The van der Waals surface area contributed by atoms with Crippen molar-refractivity contribution < 1.29 is 9.21 Å². The van der Waals surface area contributed by atoms with E-state index in [1.54, 1.807) is 22.5 Å². The Bertz CT molecular complexity index is 983. The Balaban J connectivity index is 1.82. The van der Waals surface area contributed by atoms with Crippen molar-refractivity contribution in [1.29, 1.82) is 0 Å². The number of aromatic nitrogens is 3. The number of amides is 1. The Hall–Kier alpha value is -3.09. The van der Waals surface area contributed by atoms with Crippen molar-refractivity contribution in [3.8, 4) is 0 Å². The first-order chi connectivity index (χ1) is 12.1. The Morgan fingerprint density at radius 1 is 1.24 bits per heavy atom. The predicted octanol–water partition coefficient (Wildman–Crippen LogP) is 2.03. The highest BCUT2D eigenvalue weighted by molar-refractivity contribution is 5.95. The molecule has 0 unspecified atom stereocenters. The molecule has 7 heteroatoms. The van der Waals surface area contributed by atoms with Crippen LogP contribution < -0.4 is 5.69 Å². The first-order valence-corrected chi connectivity index (χ1v) is 8.14. The zero-order valence-corrected chi connectivity index (χ0v) is 14.0. The van der Waals surface area contributed by atoms with Gasteiger partial charge < -0.3 is 9.32 Å². The molecule has 0 saturated carbocycles. The molecule has 0 radical (unpaired) electrons. The maximum absolute atomic E-state index is 13.2. The fourth-order valence-electron chi connectivity index (χ4n) is 3.41. The lowest BCUT2D eigenvalue weighted by molar-refractivity contribution is 0.0655. The number of carbonyl (C=O) groups excluding carboxylic acids is 1. The number of nitrogens with zero attached hydrogens (tertiary/aromatic N) is 3. The molecule has 25 heavy (non-hydrogen) atoms. The molecule has 0 spiro atoms. The molecular weight excluding hydrogens is 320 g/mol. The van der Waals surface area contributed by atoms with Gasteiger partial charge in [-0.05, 0) is 25.5 Å². The van der Waals surface area contributed by atoms with Gasteiger partial charge >= 0.3 is 5.69 Å². The fourth-order valence-corrected chi connectivity index (χ4v) is 3.41. The summed E-state index contributed by atoms with van der Waals surface area (Å²) in [5.74, 6) is 1.73. The van der Waals surface area contributed by atoms with E-state index < -0.39 is 6.04 Å². The summed E-state index contributed by atoms with van der Waals surface area (Å²) in [7, 11) is 0. The van der Waals surface area contributed by atoms with Crippen molar-refractivity contribution >= 4 is 5.91 Å².